The number of rotatable bonds is 8. The molecule has 4 nitrogen and oxygen atoms in total. The summed E-state index contributed by atoms with van der Waals surface area (Å²) in [6.07, 6.45) is 0. The Balaban J connectivity index is 2.11. The van der Waals surface area contributed by atoms with E-state index in [0.717, 1.165) is 68.6 Å². The summed E-state index contributed by atoms with van der Waals surface area (Å²) >= 11 is 5.19. The van der Waals surface area contributed by atoms with Gasteiger partial charge in [0.1, 0.15) is 0 Å². The monoisotopic (exact) mass is 447 g/mol. The lowest BCUT2D eigenvalue weighted by atomic mass is 10.1. The molecular weight excluding hydrogens is 422 g/mol. The second-order valence-electron chi connectivity index (χ2n) is 6.53. The van der Waals surface area contributed by atoms with Crippen molar-refractivity contribution in [2.24, 2.45) is 0 Å². The Morgan fingerprint density at radius 3 is 2.63 bits per heavy atom. The van der Waals surface area contributed by atoms with Crippen LogP contribution in [0.4, 0.5) is 5.69 Å². The summed E-state index contributed by atoms with van der Waals surface area (Å²) in [4.78, 5) is 15.7. The van der Waals surface area contributed by atoms with Crippen molar-refractivity contribution in [1.82, 2.24) is 10.2 Å². The zero-order chi connectivity index (χ0) is 19.4. The predicted octanol–water partition coefficient (Wildman–Crippen LogP) is 4.65. The van der Waals surface area contributed by atoms with Crippen LogP contribution in [0, 0.1) is 0 Å². The van der Waals surface area contributed by atoms with Crippen molar-refractivity contribution in [2.75, 3.05) is 38.5 Å². The van der Waals surface area contributed by atoms with Crippen molar-refractivity contribution < 1.29 is 0 Å². The lowest BCUT2D eigenvalue weighted by molar-refractivity contribution is 0.316. The van der Waals surface area contributed by atoms with Crippen molar-refractivity contribution >= 4 is 53.1 Å². The highest BCUT2D eigenvalue weighted by molar-refractivity contribution is 9.10. The van der Waals surface area contributed by atoms with Crippen LogP contribution >= 0.6 is 27.3 Å². The highest BCUT2D eigenvalue weighted by atomic mass is 79.9. The number of hydrogen-bond acceptors (Lipinski definition) is 5. The van der Waals surface area contributed by atoms with Crippen LogP contribution in [0.25, 0.3) is 20.2 Å². The average Bonchev–Trinajstić information content (AvgIpc) is 2.67. The van der Waals surface area contributed by atoms with E-state index in [1.807, 2.05) is 25.2 Å². The Hall–Kier alpha value is -1.47. The van der Waals surface area contributed by atoms with Gasteiger partial charge in [0.2, 0.25) is 0 Å². The molecule has 0 aliphatic rings. The van der Waals surface area contributed by atoms with Gasteiger partial charge in [-0.2, -0.15) is 0 Å². The fraction of sp³-hybridized carbons (Fsp3) is 0.381. The van der Waals surface area contributed by atoms with Crippen LogP contribution in [-0.4, -0.2) is 38.1 Å². The summed E-state index contributed by atoms with van der Waals surface area (Å²) in [5.41, 5.74) is 2.19. The lowest BCUT2D eigenvalue weighted by Gasteiger charge is -2.19. The molecule has 2 N–H and O–H groups in total. The number of hydrogen-bond donors (Lipinski definition) is 2. The molecule has 144 valence electrons. The molecule has 2 aromatic carbocycles. The minimum Gasteiger partial charge on any atom is -0.383 e. The standard InChI is InChI=1S/C21H26BrN3OS/c1-4-25(5-2)11-10-24-17-8-6-14(13-23-3)21-19(17)20(26)16-12-15(22)7-9-18(16)27-21/h6-9,12,23-24H,4-5,10-11,13H2,1-3H3. The van der Waals surface area contributed by atoms with Crippen LogP contribution in [0.5, 0.6) is 0 Å². The highest BCUT2D eigenvalue weighted by Gasteiger charge is 2.14. The lowest BCUT2D eigenvalue weighted by Crippen LogP contribution is -2.28. The van der Waals surface area contributed by atoms with Crippen LogP contribution in [-0.2, 0) is 6.54 Å². The van der Waals surface area contributed by atoms with Crippen LogP contribution in [0.15, 0.2) is 39.6 Å². The Kier molecular flexibility index (Phi) is 6.87. The normalized spacial score (nSPS) is 11.6. The van der Waals surface area contributed by atoms with Crippen molar-refractivity contribution in [1.29, 1.82) is 0 Å². The Labute approximate surface area is 172 Å². The molecule has 0 amide bonds. The third kappa shape index (κ3) is 4.35. The molecule has 0 aliphatic carbocycles. The molecule has 0 saturated carbocycles. The summed E-state index contributed by atoms with van der Waals surface area (Å²) in [6, 6.07) is 10.1. The van der Waals surface area contributed by atoms with Gasteiger partial charge in [0.15, 0.2) is 5.43 Å². The zero-order valence-corrected chi connectivity index (χ0v) is 18.5. The molecule has 27 heavy (non-hydrogen) atoms. The van der Waals surface area contributed by atoms with Crippen molar-refractivity contribution in [3.8, 4) is 0 Å². The molecule has 6 heteroatoms. The number of likely N-dealkylation sites (N-methyl/N-ethyl adjacent to an activating group) is 1. The third-order valence-corrected chi connectivity index (χ3v) is 6.61. The third-order valence-electron chi connectivity index (χ3n) is 4.87. The topological polar surface area (TPSA) is 44.4 Å². The van der Waals surface area contributed by atoms with Gasteiger partial charge in [-0.3, -0.25) is 4.79 Å². The smallest absolute Gasteiger partial charge is 0.198 e. The number of benzene rings is 2. The summed E-state index contributed by atoms with van der Waals surface area (Å²) in [6.45, 7) is 8.95. The van der Waals surface area contributed by atoms with Crippen LogP contribution in [0.3, 0.4) is 0 Å². The molecule has 0 fully saturated rings. The Bertz CT molecular complexity index is 998. The first kappa shape index (κ1) is 20.3. The Morgan fingerprint density at radius 2 is 1.93 bits per heavy atom. The maximum atomic E-state index is 13.3. The Morgan fingerprint density at radius 1 is 1.15 bits per heavy atom. The van der Waals surface area contributed by atoms with Gasteiger partial charge in [-0.25, -0.2) is 0 Å². The highest BCUT2D eigenvalue weighted by Crippen LogP contribution is 2.33. The van der Waals surface area contributed by atoms with Crippen molar-refractivity contribution in [3.63, 3.8) is 0 Å². The average molecular weight is 448 g/mol. The minimum atomic E-state index is 0.100. The molecule has 3 rings (SSSR count). The number of anilines is 1. The fourth-order valence-electron chi connectivity index (χ4n) is 3.35. The van der Waals surface area contributed by atoms with E-state index in [-0.39, 0.29) is 5.43 Å². The van der Waals surface area contributed by atoms with Crippen LogP contribution in [0.1, 0.15) is 19.4 Å². The van der Waals surface area contributed by atoms with Gasteiger partial charge < -0.3 is 15.5 Å². The first-order valence-electron chi connectivity index (χ1n) is 9.37. The SMILES string of the molecule is CCN(CC)CCNc1ccc(CNC)c2sc3ccc(Br)cc3c(=O)c12. The van der Waals surface area contributed by atoms with Gasteiger partial charge in [-0.1, -0.05) is 35.8 Å². The van der Waals surface area contributed by atoms with Gasteiger partial charge in [-0.05, 0) is 50.0 Å². The van der Waals surface area contributed by atoms with Crippen LogP contribution in [0.2, 0.25) is 0 Å². The molecular formula is C21H26BrN3OS. The van der Waals surface area contributed by atoms with Gasteiger partial charge in [0, 0.05) is 44.6 Å². The van der Waals surface area contributed by atoms with Crippen LogP contribution < -0.4 is 16.1 Å². The number of fused-ring (bicyclic) bond motifs is 2. The quantitative estimate of drug-likeness (QED) is 0.493. The number of halogens is 1. The van der Waals surface area contributed by atoms with Crippen molar-refractivity contribution in [2.45, 2.75) is 20.4 Å². The van der Waals surface area contributed by atoms with Gasteiger partial charge >= 0.3 is 0 Å². The first-order chi connectivity index (χ1) is 13.1. The molecule has 0 radical (unpaired) electrons. The maximum Gasteiger partial charge on any atom is 0.198 e. The van der Waals surface area contributed by atoms with E-state index in [4.69, 9.17) is 0 Å². The number of nitrogens with zero attached hydrogens (tertiary/aromatic N) is 1. The molecule has 1 aromatic heterocycles. The van der Waals surface area contributed by atoms with E-state index in [2.05, 4.69) is 57.4 Å². The summed E-state index contributed by atoms with van der Waals surface area (Å²) in [5.74, 6) is 0. The van der Waals surface area contributed by atoms with Crippen molar-refractivity contribution in [3.05, 3.63) is 50.6 Å². The molecule has 0 unspecified atom stereocenters. The summed E-state index contributed by atoms with van der Waals surface area (Å²) < 4.78 is 3.02. The molecule has 0 saturated heterocycles. The number of nitrogens with one attached hydrogen (secondary N) is 2. The molecule has 0 spiro atoms. The second-order valence-corrected chi connectivity index (χ2v) is 8.50. The second kappa shape index (κ2) is 9.15. The largest absolute Gasteiger partial charge is 0.383 e. The zero-order valence-electron chi connectivity index (χ0n) is 16.1. The van der Waals surface area contributed by atoms with E-state index in [0.29, 0.717) is 0 Å². The molecule has 0 aliphatic heterocycles. The van der Waals surface area contributed by atoms with E-state index in [1.165, 1.54) is 0 Å². The van der Waals surface area contributed by atoms with E-state index < -0.39 is 0 Å². The maximum absolute atomic E-state index is 13.3. The molecule has 0 bridgehead atoms. The molecule has 1 heterocycles. The summed E-state index contributed by atoms with van der Waals surface area (Å²) in [7, 11) is 1.93. The van der Waals surface area contributed by atoms with E-state index in [1.54, 1.807) is 11.3 Å². The fourth-order valence-corrected chi connectivity index (χ4v) is 4.90. The van der Waals surface area contributed by atoms with Gasteiger partial charge in [0.25, 0.3) is 0 Å². The predicted molar refractivity (Wildman–Crippen MR) is 122 cm³/mol. The summed E-state index contributed by atoms with van der Waals surface area (Å²) in [5, 5.41) is 8.30. The van der Waals surface area contributed by atoms with E-state index >= 15 is 0 Å². The van der Waals surface area contributed by atoms with Gasteiger partial charge in [0.05, 0.1) is 5.39 Å². The van der Waals surface area contributed by atoms with E-state index in [9.17, 15) is 4.79 Å². The minimum absolute atomic E-state index is 0.100. The molecule has 3 aromatic rings. The molecule has 0 atom stereocenters. The van der Waals surface area contributed by atoms with Gasteiger partial charge in [-0.15, -0.1) is 11.3 Å². The first-order valence-corrected chi connectivity index (χ1v) is 11.0.